The van der Waals surface area contributed by atoms with Gasteiger partial charge in [-0.2, -0.15) is 0 Å². The fourth-order valence-corrected chi connectivity index (χ4v) is 4.77. The lowest BCUT2D eigenvalue weighted by molar-refractivity contribution is -0.139. The van der Waals surface area contributed by atoms with E-state index in [1.807, 2.05) is 29.2 Å². The third-order valence-corrected chi connectivity index (χ3v) is 6.77. The van der Waals surface area contributed by atoms with Gasteiger partial charge in [0.2, 0.25) is 5.91 Å². The van der Waals surface area contributed by atoms with Crippen LogP contribution < -0.4 is 14.5 Å². The van der Waals surface area contributed by atoms with Crippen LogP contribution in [0, 0.1) is 5.92 Å². The minimum Gasteiger partial charge on any atom is -0.497 e. The molecule has 180 valence electrons. The van der Waals surface area contributed by atoms with Crippen LogP contribution in [0.25, 0.3) is 0 Å². The number of nitrogens with zero attached hydrogens (tertiary/aromatic N) is 2. The van der Waals surface area contributed by atoms with Gasteiger partial charge in [0, 0.05) is 36.7 Å². The topological polar surface area (TPSA) is 90.3 Å². The van der Waals surface area contributed by atoms with Crippen LogP contribution in [0.4, 0.5) is 11.4 Å². The molecule has 34 heavy (non-hydrogen) atoms. The minimum absolute atomic E-state index is 0.00511. The van der Waals surface area contributed by atoms with Crippen molar-refractivity contribution in [2.24, 2.45) is 5.92 Å². The van der Waals surface area contributed by atoms with E-state index in [-0.39, 0.29) is 12.5 Å². The van der Waals surface area contributed by atoms with Gasteiger partial charge in [-0.15, -0.1) is 0 Å². The first-order valence-corrected chi connectivity index (χ1v) is 11.8. The number of anilines is 2. The number of hydrogen-bond acceptors (Lipinski definition) is 5. The molecule has 2 aliphatic rings. The maximum atomic E-state index is 13.6. The van der Waals surface area contributed by atoms with Crippen molar-refractivity contribution in [3.63, 3.8) is 0 Å². The first kappa shape index (κ1) is 24.0. The Morgan fingerprint density at radius 3 is 2.59 bits per heavy atom. The highest BCUT2D eigenvalue weighted by Crippen LogP contribution is 2.47. The molecule has 7 nitrogen and oxygen atoms in total. The largest absolute Gasteiger partial charge is 0.497 e. The van der Waals surface area contributed by atoms with Crippen molar-refractivity contribution in [2.75, 3.05) is 30.1 Å². The van der Waals surface area contributed by atoms with Crippen LogP contribution in [0.15, 0.2) is 54.6 Å². The fraction of sp³-hybridized carbons (Fsp3) is 0.407. The summed E-state index contributed by atoms with van der Waals surface area (Å²) in [6, 6.07) is 13.0. The minimum atomic E-state index is -1.74. The van der Waals surface area contributed by atoms with Gasteiger partial charge in [0.25, 0.3) is 5.91 Å². The second-order valence-corrected chi connectivity index (χ2v) is 8.94. The molecule has 7 heteroatoms. The molecule has 2 aromatic carbocycles. The molecule has 0 aromatic heterocycles. The van der Waals surface area contributed by atoms with Gasteiger partial charge in [-0.05, 0) is 55.2 Å². The monoisotopic (exact) mass is 464 g/mol. The zero-order valence-corrected chi connectivity index (χ0v) is 19.7. The molecule has 0 radical (unpaired) electrons. The predicted octanol–water partition coefficient (Wildman–Crippen LogP) is 3.52. The lowest BCUT2D eigenvalue weighted by Gasteiger charge is -2.28. The lowest BCUT2D eigenvalue weighted by atomic mass is 9.83. The molecule has 2 atom stereocenters. The Morgan fingerprint density at radius 2 is 1.91 bits per heavy atom. The number of hydrogen-bond donors (Lipinski definition) is 2. The Labute approximate surface area is 200 Å². The molecule has 0 spiro atoms. The third kappa shape index (κ3) is 4.33. The van der Waals surface area contributed by atoms with Crippen molar-refractivity contribution in [3.05, 3.63) is 65.7 Å². The molecule has 2 aromatic rings. The Morgan fingerprint density at radius 1 is 1.15 bits per heavy atom. The van der Waals surface area contributed by atoms with Crippen molar-refractivity contribution in [3.8, 4) is 5.75 Å². The predicted molar refractivity (Wildman–Crippen MR) is 131 cm³/mol. The van der Waals surface area contributed by atoms with Crippen molar-refractivity contribution >= 4 is 23.2 Å². The molecule has 0 bridgehead atoms. The fourth-order valence-electron chi connectivity index (χ4n) is 4.77. The molecule has 2 amide bonds. The highest BCUT2D eigenvalue weighted by atomic mass is 16.5. The van der Waals surface area contributed by atoms with Gasteiger partial charge in [0.1, 0.15) is 5.75 Å². The number of benzene rings is 2. The number of fused-ring (bicyclic) bond motifs is 1. The van der Waals surface area contributed by atoms with E-state index >= 15 is 0 Å². The molecule has 2 heterocycles. The summed E-state index contributed by atoms with van der Waals surface area (Å²) in [5.41, 5.74) is 1.18. The quantitative estimate of drug-likeness (QED) is 0.584. The molecule has 4 rings (SSSR count). The van der Waals surface area contributed by atoms with Gasteiger partial charge >= 0.3 is 0 Å². The second-order valence-electron chi connectivity index (χ2n) is 8.94. The van der Waals surface area contributed by atoms with E-state index in [0.29, 0.717) is 36.4 Å². The second kappa shape index (κ2) is 9.99. The number of aliphatic hydroxyl groups is 2. The summed E-state index contributed by atoms with van der Waals surface area (Å²) in [4.78, 5) is 29.3. The number of piperidine rings is 1. The van der Waals surface area contributed by atoms with E-state index in [1.54, 1.807) is 49.3 Å². The Balaban J connectivity index is 1.62. The van der Waals surface area contributed by atoms with Gasteiger partial charge in [-0.25, -0.2) is 0 Å². The Bertz CT molecular complexity index is 1080. The van der Waals surface area contributed by atoms with Crippen LogP contribution in [-0.2, 0) is 21.7 Å². The van der Waals surface area contributed by atoms with Gasteiger partial charge in [0.05, 0.1) is 19.3 Å². The van der Waals surface area contributed by atoms with E-state index in [9.17, 15) is 14.7 Å². The van der Waals surface area contributed by atoms with Crippen LogP contribution >= 0.6 is 0 Å². The number of ether oxygens (including phenoxy) is 1. The number of rotatable bonds is 8. The van der Waals surface area contributed by atoms with Crippen LogP contribution in [0.1, 0.15) is 43.7 Å². The first-order valence-electron chi connectivity index (χ1n) is 11.8. The summed E-state index contributed by atoms with van der Waals surface area (Å²) in [6.45, 7) is 2.82. The summed E-state index contributed by atoms with van der Waals surface area (Å²) in [5, 5.41) is 20.8. The van der Waals surface area contributed by atoms with Crippen LogP contribution in [0.5, 0.6) is 5.75 Å². The van der Waals surface area contributed by atoms with Crippen molar-refractivity contribution in [1.82, 2.24) is 0 Å². The van der Waals surface area contributed by atoms with Gasteiger partial charge in [-0.3, -0.25) is 9.59 Å². The van der Waals surface area contributed by atoms with Crippen molar-refractivity contribution in [1.29, 1.82) is 0 Å². The number of amides is 2. The number of carbonyl (C=O) groups excluding carboxylic acids is 2. The zero-order chi connectivity index (χ0) is 24.3. The van der Waals surface area contributed by atoms with E-state index < -0.39 is 17.4 Å². The standard InChI is InChI=1S/C27H32N2O5/c1-19(7-4-6-16-30)27(33)23-17-22(34-2)13-14-24(23)29(26(27)32)18-20-9-11-21(12-10-20)28-15-5-3-8-25(28)31/h4,7,9-14,17,19,30,33H,3,5-6,8,15-16,18H2,1-2H3/b7-4+/t19-,27+/m1/s1. The van der Waals surface area contributed by atoms with E-state index in [1.165, 1.54) is 0 Å². The SMILES string of the molecule is COc1ccc2c(c1)[C@@](O)([C@H](C)/C=C/CCO)C(=O)N2Cc1ccc(N2CCCCC2=O)cc1. The average Bonchev–Trinajstić information content (AvgIpc) is 3.07. The van der Waals surface area contributed by atoms with E-state index in [2.05, 4.69) is 0 Å². The zero-order valence-electron chi connectivity index (χ0n) is 19.7. The maximum absolute atomic E-state index is 13.6. The van der Waals surface area contributed by atoms with Crippen LogP contribution in [-0.4, -0.2) is 42.3 Å². The van der Waals surface area contributed by atoms with Crippen LogP contribution in [0.3, 0.4) is 0 Å². The highest BCUT2D eigenvalue weighted by Gasteiger charge is 2.52. The molecule has 0 saturated carbocycles. The summed E-state index contributed by atoms with van der Waals surface area (Å²) in [7, 11) is 1.55. The number of aliphatic hydroxyl groups excluding tert-OH is 1. The average molecular weight is 465 g/mol. The molecule has 0 aliphatic carbocycles. The first-order chi connectivity index (χ1) is 16.4. The molecular formula is C27H32N2O5. The van der Waals surface area contributed by atoms with Gasteiger partial charge in [0.15, 0.2) is 5.60 Å². The van der Waals surface area contributed by atoms with Crippen molar-refractivity contribution < 1.29 is 24.5 Å². The van der Waals surface area contributed by atoms with Gasteiger partial charge in [-0.1, -0.05) is 31.2 Å². The molecule has 0 unspecified atom stereocenters. The number of methoxy groups -OCH3 is 1. The molecule has 2 N–H and O–H groups in total. The van der Waals surface area contributed by atoms with E-state index in [4.69, 9.17) is 9.84 Å². The van der Waals surface area contributed by atoms with Crippen LogP contribution in [0.2, 0.25) is 0 Å². The summed E-state index contributed by atoms with van der Waals surface area (Å²) in [6.07, 6.45) is 6.51. The molecular weight excluding hydrogens is 432 g/mol. The summed E-state index contributed by atoms with van der Waals surface area (Å²) in [5.74, 6) is -0.194. The van der Waals surface area contributed by atoms with Crippen molar-refractivity contribution in [2.45, 2.75) is 44.8 Å². The molecule has 2 aliphatic heterocycles. The third-order valence-electron chi connectivity index (χ3n) is 6.77. The van der Waals surface area contributed by atoms with E-state index in [0.717, 1.165) is 30.6 Å². The summed E-state index contributed by atoms with van der Waals surface area (Å²) >= 11 is 0. The number of carbonyl (C=O) groups is 2. The smallest absolute Gasteiger partial charge is 0.264 e. The maximum Gasteiger partial charge on any atom is 0.264 e. The van der Waals surface area contributed by atoms with Gasteiger partial charge < -0.3 is 24.7 Å². The normalized spacial score (nSPS) is 21.3. The molecule has 1 saturated heterocycles. The molecule has 1 fully saturated rings. The summed E-state index contributed by atoms with van der Waals surface area (Å²) < 4.78 is 5.36. The highest BCUT2D eigenvalue weighted by molar-refractivity contribution is 6.07. The lowest BCUT2D eigenvalue weighted by Crippen LogP contribution is -2.44. The Kier molecular flexibility index (Phi) is 7.05. The Hall–Kier alpha value is -3.16.